The maximum atomic E-state index is 12.0. The van der Waals surface area contributed by atoms with E-state index in [1.54, 1.807) is 13.2 Å². The smallest absolute Gasteiger partial charge is 0.231 e. The van der Waals surface area contributed by atoms with Crippen molar-refractivity contribution in [2.45, 2.75) is 6.04 Å². The molecular formula is C12H15BrN2O3. The Bertz CT molecular complexity index is 453. The first kappa shape index (κ1) is 13.3. The molecule has 0 bridgehead atoms. The molecule has 18 heavy (non-hydrogen) atoms. The van der Waals surface area contributed by atoms with Gasteiger partial charge >= 0.3 is 0 Å². The van der Waals surface area contributed by atoms with Gasteiger partial charge in [-0.1, -0.05) is 0 Å². The van der Waals surface area contributed by atoms with E-state index in [0.717, 1.165) is 4.47 Å². The Morgan fingerprint density at radius 3 is 2.94 bits per heavy atom. The number of nitrogens with one attached hydrogen (secondary N) is 1. The van der Waals surface area contributed by atoms with Gasteiger partial charge in [-0.05, 0) is 28.1 Å². The third-order valence-corrected chi connectivity index (χ3v) is 3.58. The van der Waals surface area contributed by atoms with Crippen molar-refractivity contribution in [3.63, 3.8) is 0 Å². The molecule has 0 aliphatic carbocycles. The predicted molar refractivity (Wildman–Crippen MR) is 71.6 cm³/mol. The van der Waals surface area contributed by atoms with Gasteiger partial charge in [-0.25, -0.2) is 0 Å². The minimum atomic E-state index is -0.303. The second-order valence-corrected chi connectivity index (χ2v) is 5.00. The SMILES string of the molecule is COc1ccc(Br)c(NC(=O)C2COCC2N)c1. The molecule has 1 fully saturated rings. The molecule has 2 unspecified atom stereocenters. The summed E-state index contributed by atoms with van der Waals surface area (Å²) in [5.41, 5.74) is 6.47. The second-order valence-electron chi connectivity index (χ2n) is 4.14. The average molecular weight is 315 g/mol. The largest absolute Gasteiger partial charge is 0.497 e. The number of amides is 1. The van der Waals surface area contributed by atoms with E-state index in [-0.39, 0.29) is 17.9 Å². The summed E-state index contributed by atoms with van der Waals surface area (Å²) < 4.78 is 11.1. The summed E-state index contributed by atoms with van der Waals surface area (Å²) in [6, 6.07) is 5.14. The lowest BCUT2D eigenvalue weighted by Crippen LogP contribution is -2.37. The molecule has 1 aromatic carbocycles. The molecule has 1 saturated heterocycles. The predicted octanol–water partition coefficient (Wildman–Crippen LogP) is 1.37. The molecule has 6 heteroatoms. The minimum Gasteiger partial charge on any atom is -0.497 e. The molecule has 5 nitrogen and oxygen atoms in total. The van der Waals surface area contributed by atoms with Crippen LogP contribution < -0.4 is 15.8 Å². The van der Waals surface area contributed by atoms with Gasteiger partial charge in [-0.3, -0.25) is 4.79 Å². The van der Waals surface area contributed by atoms with Crippen molar-refractivity contribution in [1.82, 2.24) is 0 Å². The monoisotopic (exact) mass is 314 g/mol. The van der Waals surface area contributed by atoms with Crippen LogP contribution in [0.15, 0.2) is 22.7 Å². The molecule has 0 aromatic heterocycles. The Kier molecular flexibility index (Phi) is 4.21. The molecule has 3 N–H and O–H groups in total. The van der Waals surface area contributed by atoms with E-state index in [9.17, 15) is 4.79 Å². The van der Waals surface area contributed by atoms with Gasteiger partial charge in [-0.2, -0.15) is 0 Å². The van der Waals surface area contributed by atoms with E-state index in [1.165, 1.54) is 0 Å². The van der Waals surface area contributed by atoms with Crippen LogP contribution in [0, 0.1) is 5.92 Å². The molecular weight excluding hydrogens is 300 g/mol. The van der Waals surface area contributed by atoms with Crippen molar-refractivity contribution in [1.29, 1.82) is 0 Å². The van der Waals surface area contributed by atoms with E-state index in [0.29, 0.717) is 24.7 Å². The maximum Gasteiger partial charge on any atom is 0.231 e. The summed E-state index contributed by atoms with van der Waals surface area (Å²) in [7, 11) is 1.58. The molecule has 1 amide bonds. The van der Waals surface area contributed by atoms with Gasteiger partial charge < -0.3 is 20.5 Å². The normalized spacial score (nSPS) is 22.8. The number of carbonyl (C=O) groups excluding carboxylic acids is 1. The minimum absolute atomic E-state index is 0.131. The highest BCUT2D eigenvalue weighted by molar-refractivity contribution is 9.10. The third kappa shape index (κ3) is 2.82. The first-order chi connectivity index (χ1) is 8.61. The quantitative estimate of drug-likeness (QED) is 0.883. The number of methoxy groups -OCH3 is 1. The number of hydrogen-bond acceptors (Lipinski definition) is 4. The van der Waals surface area contributed by atoms with Crippen LogP contribution in [-0.2, 0) is 9.53 Å². The lowest BCUT2D eigenvalue weighted by atomic mass is 10.0. The van der Waals surface area contributed by atoms with E-state index < -0.39 is 0 Å². The van der Waals surface area contributed by atoms with Crippen LogP contribution in [-0.4, -0.2) is 32.3 Å². The van der Waals surface area contributed by atoms with Crippen LogP contribution in [0.5, 0.6) is 5.75 Å². The summed E-state index contributed by atoms with van der Waals surface area (Å²) in [6.45, 7) is 0.798. The van der Waals surface area contributed by atoms with Crippen molar-refractivity contribution in [3.05, 3.63) is 22.7 Å². The molecule has 98 valence electrons. The molecule has 1 aliphatic heterocycles. The molecule has 2 atom stereocenters. The summed E-state index contributed by atoms with van der Waals surface area (Å²) in [4.78, 5) is 12.0. The molecule has 1 aliphatic rings. The van der Waals surface area contributed by atoms with Crippen molar-refractivity contribution in [3.8, 4) is 5.75 Å². The highest BCUT2D eigenvalue weighted by atomic mass is 79.9. The van der Waals surface area contributed by atoms with Crippen molar-refractivity contribution >= 4 is 27.5 Å². The van der Waals surface area contributed by atoms with Crippen LogP contribution in [0.2, 0.25) is 0 Å². The van der Waals surface area contributed by atoms with Crippen LogP contribution in [0.3, 0.4) is 0 Å². The lowest BCUT2D eigenvalue weighted by molar-refractivity contribution is -0.120. The summed E-state index contributed by atoms with van der Waals surface area (Å²) in [6.07, 6.45) is 0. The molecule has 1 heterocycles. The van der Waals surface area contributed by atoms with E-state index in [2.05, 4.69) is 21.2 Å². The van der Waals surface area contributed by atoms with Crippen LogP contribution >= 0.6 is 15.9 Å². The molecule has 1 aromatic rings. The lowest BCUT2D eigenvalue weighted by Gasteiger charge is -2.14. The fraction of sp³-hybridized carbons (Fsp3) is 0.417. The summed E-state index contributed by atoms with van der Waals surface area (Å²) >= 11 is 3.38. The number of benzene rings is 1. The fourth-order valence-electron chi connectivity index (χ4n) is 1.79. The number of anilines is 1. The van der Waals surface area contributed by atoms with Gasteiger partial charge in [-0.15, -0.1) is 0 Å². The van der Waals surface area contributed by atoms with E-state index >= 15 is 0 Å². The van der Waals surface area contributed by atoms with Gasteiger partial charge in [0, 0.05) is 16.6 Å². The average Bonchev–Trinajstić information content (AvgIpc) is 2.78. The van der Waals surface area contributed by atoms with Gasteiger partial charge in [0.25, 0.3) is 0 Å². The van der Waals surface area contributed by atoms with Gasteiger partial charge in [0.1, 0.15) is 5.75 Å². The first-order valence-corrected chi connectivity index (χ1v) is 6.39. The zero-order chi connectivity index (χ0) is 13.1. The molecule has 0 saturated carbocycles. The number of ether oxygens (including phenoxy) is 2. The number of nitrogens with two attached hydrogens (primary N) is 1. The molecule has 2 rings (SSSR count). The standard InChI is InChI=1S/C12H15BrN2O3/c1-17-7-2-3-9(13)11(4-7)15-12(16)8-5-18-6-10(8)14/h2-4,8,10H,5-6,14H2,1H3,(H,15,16). The molecule has 0 radical (unpaired) electrons. The van der Waals surface area contributed by atoms with Gasteiger partial charge in [0.05, 0.1) is 31.9 Å². The second kappa shape index (κ2) is 5.69. The first-order valence-electron chi connectivity index (χ1n) is 5.59. The Hall–Kier alpha value is -1.11. The topological polar surface area (TPSA) is 73.6 Å². The van der Waals surface area contributed by atoms with Crippen LogP contribution in [0.1, 0.15) is 0 Å². The number of hydrogen-bond donors (Lipinski definition) is 2. The Morgan fingerprint density at radius 2 is 2.33 bits per heavy atom. The van der Waals surface area contributed by atoms with Gasteiger partial charge in [0.2, 0.25) is 5.91 Å². The number of rotatable bonds is 3. The van der Waals surface area contributed by atoms with E-state index in [1.807, 2.05) is 12.1 Å². The Balaban J connectivity index is 2.11. The van der Waals surface area contributed by atoms with Crippen LogP contribution in [0.25, 0.3) is 0 Å². The Labute approximate surface area is 114 Å². The summed E-state index contributed by atoms with van der Waals surface area (Å²) in [5, 5.41) is 2.83. The highest BCUT2D eigenvalue weighted by Gasteiger charge is 2.31. The van der Waals surface area contributed by atoms with E-state index in [4.69, 9.17) is 15.2 Å². The molecule has 0 spiro atoms. The van der Waals surface area contributed by atoms with Crippen molar-refractivity contribution in [2.24, 2.45) is 11.7 Å². The zero-order valence-electron chi connectivity index (χ0n) is 9.98. The van der Waals surface area contributed by atoms with Crippen molar-refractivity contribution < 1.29 is 14.3 Å². The maximum absolute atomic E-state index is 12.0. The van der Waals surface area contributed by atoms with Crippen LogP contribution in [0.4, 0.5) is 5.69 Å². The number of halogens is 1. The van der Waals surface area contributed by atoms with Crippen molar-refractivity contribution in [2.75, 3.05) is 25.6 Å². The highest BCUT2D eigenvalue weighted by Crippen LogP contribution is 2.28. The Morgan fingerprint density at radius 1 is 1.56 bits per heavy atom. The van der Waals surface area contributed by atoms with Gasteiger partial charge in [0.15, 0.2) is 0 Å². The summed E-state index contributed by atoms with van der Waals surface area (Å²) in [5.74, 6) is 0.248. The zero-order valence-corrected chi connectivity index (χ0v) is 11.6. The fourth-order valence-corrected chi connectivity index (χ4v) is 2.14. The third-order valence-electron chi connectivity index (χ3n) is 2.89. The number of carbonyl (C=O) groups is 1.